The molecule has 27 heavy (non-hydrogen) atoms. The van der Waals surface area contributed by atoms with Gasteiger partial charge in [0.25, 0.3) is 0 Å². The molecule has 0 unspecified atom stereocenters. The van der Waals surface area contributed by atoms with Gasteiger partial charge in [0.05, 0.1) is 12.1 Å². The Hall–Kier alpha value is -3.32. The van der Waals surface area contributed by atoms with Crippen LogP contribution in [0.2, 0.25) is 0 Å². The Bertz CT molecular complexity index is 1070. The Morgan fingerprint density at radius 1 is 1.11 bits per heavy atom. The van der Waals surface area contributed by atoms with Crippen LogP contribution in [0.5, 0.6) is 0 Å². The maximum atomic E-state index is 12.4. The van der Waals surface area contributed by atoms with E-state index in [1.807, 2.05) is 71.6 Å². The number of carbonyl (C=O) groups excluding carboxylic acids is 1. The Kier molecular flexibility index (Phi) is 4.76. The lowest BCUT2D eigenvalue weighted by Gasteiger charge is -2.06. The monoisotopic (exact) mass is 375 g/mol. The summed E-state index contributed by atoms with van der Waals surface area (Å²) in [5.41, 5.74) is 3.44. The molecule has 0 saturated heterocycles. The molecule has 0 bridgehead atoms. The molecule has 0 saturated carbocycles. The first-order valence-electron chi connectivity index (χ1n) is 8.43. The highest BCUT2D eigenvalue weighted by atomic mass is 32.1. The summed E-state index contributed by atoms with van der Waals surface area (Å²) in [4.78, 5) is 17.0. The van der Waals surface area contributed by atoms with Gasteiger partial charge in [0.1, 0.15) is 11.3 Å². The molecule has 2 aromatic heterocycles. The molecule has 4 rings (SSSR count). The van der Waals surface area contributed by atoms with Crippen molar-refractivity contribution >= 4 is 22.9 Å². The van der Waals surface area contributed by atoms with Gasteiger partial charge in [-0.2, -0.15) is 0 Å². The van der Waals surface area contributed by atoms with Crippen LogP contribution >= 0.6 is 11.3 Å². The number of aryl methyl sites for hydroxylation is 1. The number of rotatable bonds is 5. The lowest BCUT2D eigenvalue weighted by molar-refractivity contribution is -0.115. The third-order valence-corrected chi connectivity index (χ3v) is 4.97. The summed E-state index contributed by atoms with van der Waals surface area (Å²) in [5.74, 6) is 0.646. The van der Waals surface area contributed by atoms with Crippen LogP contribution in [0.25, 0.3) is 22.0 Å². The van der Waals surface area contributed by atoms with Crippen molar-refractivity contribution < 1.29 is 4.79 Å². The van der Waals surface area contributed by atoms with Gasteiger partial charge in [-0.25, -0.2) is 4.98 Å². The summed E-state index contributed by atoms with van der Waals surface area (Å²) in [7, 11) is 1.88. The number of amides is 1. The van der Waals surface area contributed by atoms with Crippen molar-refractivity contribution in [3.05, 3.63) is 72.0 Å². The van der Waals surface area contributed by atoms with Crippen molar-refractivity contribution in [3.63, 3.8) is 0 Å². The van der Waals surface area contributed by atoms with E-state index < -0.39 is 0 Å². The van der Waals surface area contributed by atoms with Crippen molar-refractivity contribution in [2.24, 2.45) is 7.05 Å². The molecule has 4 aromatic rings. The SMILES string of the molecule is Cn1cnnc1-c1cccc(NC(=O)Cc2csc(-c3ccccc3)n2)c1. The Morgan fingerprint density at radius 3 is 2.70 bits per heavy atom. The molecule has 6 nitrogen and oxygen atoms in total. The Balaban J connectivity index is 1.44. The zero-order valence-electron chi connectivity index (χ0n) is 14.7. The summed E-state index contributed by atoms with van der Waals surface area (Å²) in [5, 5.41) is 13.8. The minimum Gasteiger partial charge on any atom is -0.326 e. The topological polar surface area (TPSA) is 72.7 Å². The number of hydrogen-bond acceptors (Lipinski definition) is 5. The highest BCUT2D eigenvalue weighted by Crippen LogP contribution is 2.24. The molecule has 134 valence electrons. The normalized spacial score (nSPS) is 10.7. The van der Waals surface area contributed by atoms with Crippen LogP contribution in [0.3, 0.4) is 0 Å². The smallest absolute Gasteiger partial charge is 0.230 e. The molecule has 0 radical (unpaired) electrons. The van der Waals surface area contributed by atoms with Gasteiger partial charge >= 0.3 is 0 Å². The van der Waals surface area contributed by atoms with Crippen LogP contribution < -0.4 is 5.32 Å². The third kappa shape index (κ3) is 3.93. The second-order valence-electron chi connectivity index (χ2n) is 6.08. The van der Waals surface area contributed by atoms with Crippen molar-refractivity contribution in [2.45, 2.75) is 6.42 Å². The van der Waals surface area contributed by atoms with E-state index in [-0.39, 0.29) is 12.3 Å². The molecule has 0 aliphatic carbocycles. The van der Waals surface area contributed by atoms with E-state index in [1.165, 1.54) is 0 Å². The van der Waals surface area contributed by atoms with Gasteiger partial charge in [0.15, 0.2) is 5.82 Å². The van der Waals surface area contributed by atoms with Crippen LogP contribution in [0.15, 0.2) is 66.3 Å². The maximum absolute atomic E-state index is 12.4. The summed E-state index contributed by atoms with van der Waals surface area (Å²) < 4.78 is 1.83. The molecular formula is C20H17N5OS. The van der Waals surface area contributed by atoms with Gasteiger partial charge in [-0.3, -0.25) is 4.79 Å². The fraction of sp³-hybridized carbons (Fsp3) is 0.100. The zero-order chi connectivity index (χ0) is 18.6. The van der Waals surface area contributed by atoms with Gasteiger partial charge in [0.2, 0.25) is 5.91 Å². The molecule has 0 spiro atoms. The third-order valence-electron chi connectivity index (χ3n) is 4.03. The lowest BCUT2D eigenvalue weighted by Crippen LogP contribution is -2.14. The minimum absolute atomic E-state index is 0.102. The van der Waals surface area contributed by atoms with Crippen LogP contribution in [-0.4, -0.2) is 25.7 Å². The molecule has 2 heterocycles. The van der Waals surface area contributed by atoms with E-state index >= 15 is 0 Å². The number of nitrogens with zero attached hydrogens (tertiary/aromatic N) is 4. The van der Waals surface area contributed by atoms with Gasteiger partial charge in [-0.1, -0.05) is 42.5 Å². The predicted molar refractivity (Wildman–Crippen MR) is 106 cm³/mol. The number of carbonyl (C=O) groups is 1. The van der Waals surface area contributed by atoms with Crippen molar-refractivity contribution in [1.29, 1.82) is 0 Å². The van der Waals surface area contributed by atoms with Gasteiger partial charge in [0, 0.05) is 29.2 Å². The van der Waals surface area contributed by atoms with Gasteiger partial charge < -0.3 is 9.88 Å². The average Bonchev–Trinajstić information content (AvgIpc) is 3.31. The number of benzene rings is 2. The average molecular weight is 375 g/mol. The van der Waals surface area contributed by atoms with Crippen LogP contribution in [-0.2, 0) is 18.3 Å². The van der Waals surface area contributed by atoms with Crippen LogP contribution in [0, 0.1) is 0 Å². The molecule has 1 N–H and O–H groups in total. The second kappa shape index (κ2) is 7.51. The molecule has 2 aromatic carbocycles. The van der Waals surface area contributed by atoms with Crippen molar-refractivity contribution in [3.8, 4) is 22.0 Å². The first kappa shape index (κ1) is 17.1. The highest BCUT2D eigenvalue weighted by molar-refractivity contribution is 7.13. The minimum atomic E-state index is -0.102. The standard InChI is InChI=1S/C20H17N5OS/c1-25-13-21-24-19(25)15-8-5-9-16(10-15)22-18(26)11-17-12-27-20(23-17)14-6-3-2-4-7-14/h2-10,12-13H,11H2,1H3,(H,22,26). The van der Waals surface area contributed by atoms with Crippen LogP contribution in [0.1, 0.15) is 5.69 Å². The van der Waals surface area contributed by atoms with E-state index in [2.05, 4.69) is 20.5 Å². The largest absolute Gasteiger partial charge is 0.326 e. The summed E-state index contributed by atoms with van der Waals surface area (Å²) in [6.45, 7) is 0. The number of aromatic nitrogens is 4. The quantitative estimate of drug-likeness (QED) is 0.576. The fourth-order valence-electron chi connectivity index (χ4n) is 2.75. The van der Waals surface area contributed by atoms with Crippen molar-refractivity contribution in [1.82, 2.24) is 19.7 Å². The molecule has 0 fully saturated rings. The fourth-order valence-corrected chi connectivity index (χ4v) is 3.58. The first-order valence-corrected chi connectivity index (χ1v) is 9.31. The van der Waals surface area contributed by atoms with Gasteiger partial charge in [-0.15, -0.1) is 21.5 Å². The second-order valence-corrected chi connectivity index (χ2v) is 6.94. The predicted octanol–water partition coefficient (Wildman–Crippen LogP) is 3.79. The molecule has 0 aliphatic heterocycles. The highest BCUT2D eigenvalue weighted by Gasteiger charge is 2.11. The molecule has 0 aliphatic rings. The molecular weight excluding hydrogens is 358 g/mol. The summed E-state index contributed by atoms with van der Waals surface area (Å²) in [6, 6.07) is 17.5. The Morgan fingerprint density at radius 2 is 1.93 bits per heavy atom. The molecule has 0 atom stereocenters. The zero-order valence-corrected chi connectivity index (χ0v) is 15.5. The number of nitrogens with one attached hydrogen (secondary N) is 1. The van der Waals surface area contributed by atoms with E-state index in [1.54, 1.807) is 17.7 Å². The summed E-state index contributed by atoms with van der Waals surface area (Å²) in [6.07, 6.45) is 1.88. The molecule has 1 amide bonds. The maximum Gasteiger partial charge on any atom is 0.230 e. The van der Waals surface area contributed by atoms with Crippen LogP contribution in [0.4, 0.5) is 5.69 Å². The van der Waals surface area contributed by atoms with Gasteiger partial charge in [-0.05, 0) is 12.1 Å². The summed E-state index contributed by atoms with van der Waals surface area (Å²) >= 11 is 1.54. The Labute approximate surface area is 160 Å². The lowest BCUT2D eigenvalue weighted by atomic mass is 10.2. The molecule has 7 heteroatoms. The van der Waals surface area contributed by atoms with Crippen molar-refractivity contribution in [2.75, 3.05) is 5.32 Å². The number of hydrogen-bond donors (Lipinski definition) is 1. The first-order chi connectivity index (χ1) is 13.2. The number of thiazole rings is 1. The van der Waals surface area contributed by atoms with E-state index in [0.29, 0.717) is 0 Å². The number of anilines is 1. The van der Waals surface area contributed by atoms with E-state index in [9.17, 15) is 4.79 Å². The van der Waals surface area contributed by atoms with E-state index in [0.717, 1.165) is 33.3 Å². The van der Waals surface area contributed by atoms with E-state index in [4.69, 9.17) is 0 Å².